The number of fused-ring (bicyclic) bond motifs is 1. The molecule has 31 heavy (non-hydrogen) atoms. The van der Waals surface area contributed by atoms with Crippen molar-refractivity contribution in [3.8, 4) is 0 Å². The molecule has 160 valence electrons. The fourth-order valence-electron chi connectivity index (χ4n) is 3.88. The number of rotatable bonds is 7. The first-order valence-corrected chi connectivity index (χ1v) is 10.6. The maximum atomic E-state index is 12.4. The van der Waals surface area contributed by atoms with Gasteiger partial charge in [-0.3, -0.25) is 9.59 Å². The first-order chi connectivity index (χ1) is 15.2. The number of aromatic nitrogens is 1. The van der Waals surface area contributed by atoms with Crippen LogP contribution in [0.25, 0.3) is 10.9 Å². The second-order valence-corrected chi connectivity index (χ2v) is 7.47. The maximum absolute atomic E-state index is 12.4. The van der Waals surface area contributed by atoms with E-state index in [1.165, 1.54) is 12.8 Å². The lowest BCUT2D eigenvalue weighted by Gasteiger charge is -2.17. The zero-order valence-corrected chi connectivity index (χ0v) is 17.6. The van der Waals surface area contributed by atoms with Crippen LogP contribution in [-0.2, 0) is 16.1 Å². The summed E-state index contributed by atoms with van der Waals surface area (Å²) in [6.45, 7) is 4.39. The molecule has 3 aromatic rings. The van der Waals surface area contributed by atoms with Crippen molar-refractivity contribution in [2.75, 3.05) is 24.6 Å². The first-order valence-electron chi connectivity index (χ1n) is 10.6. The van der Waals surface area contributed by atoms with Crippen LogP contribution in [0.15, 0.2) is 59.8 Å². The molecular weight excluding hydrogens is 392 g/mol. The number of carbonyl (C=O) groups excluding carboxylic acids is 2. The molecule has 1 amide bonds. The monoisotopic (exact) mass is 418 g/mol. The number of para-hydroxylation sites is 1. The van der Waals surface area contributed by atoms with Gasteiger partial charge in [-0.15, -0.1) is 0 Å². The van der Waals surface area contributed by atoms with Crippen molar-refractivity contribution in [2.45, 2.75) is 26.3 Å². The van der Waals surface area contributed by atoms with Gasteiger partial charge in [0.05, 0.1) is 12.8 Å². The molecular formula is C24H26N4O3. The number of ether oxygens (including phenoxy) is 1. The zero-order valence-electron chi connectivity index (χ0n) is 17.6. The summed E-state index contributed by atoms with van der Waals surface area (Å²) in [5.41, 5.74) is 6.01. The minimum atomic E-state index is -0.294. The second-order valence-electron chi connectivity index (χ2n) is 7.47. The highest BCUT2D eigenvalue weighted by molar-refractivity contribution is 6.01. The van der Waals surface area contributed by atoms with Gasteiger partial charge in [-0.05, 0) is 50.1 Å². The number of benzene rings is 2. The van der Waals surface area contributed by atoms with Crippen LogP contribution in [-0.4, -0.2) is 42.4 Å². The third-order valence-electron chi connectivity index (χ3n) is 5.39. The van der Waals surface area contributed by atoms with Crippen molar-refractivity contribution in [3.63, 3.8) is 0 Å². The third kappa shape index (κ3) is 4.77. The van der Waals surface area contributed by atoms with Gasteiger partial charge in [-0.2, -0.15) is 5.10 Å². The summed E-state index contributed by atoms with van der Waals surface area (Å²) < 4.78 is 6.88. The minimum Gasteiger partial charge on any atom is -0.465 e. The molecule has 1 fully saturated rings. The summed E-state index contributed by atoms with van der Waals surface area (Å²) >= 11 is 0. The first kappa shape index (κ1) is 20.7. The second kappa shape index (κ2) is 9.47. The molecule has 0 spiro atoms. The summed E-state index contributed by atoms with van der Waals surface area (Å²) in [6.07, 6.45) is 5.86. The van der Waals surface area contributed by atoms with Crippen molar-refractivity contribution in [1.29, 1.82) is 0 Å². The van der Waals surface area contributed by atoms with Crippen LogP contribution in [0.1, 0.15) is 35.7 Å². The Hall–Kier alpha value is -3.61. The molecule has 1 N–H and O–H groups in total. The molecule has 0 radical (unpaired) electrons. The molecule has 1 aromatic heterocycles. The van der Waals surface area contributed by atoms with Crippen LogP contribution in [0.5, 0.6) is 0 Å². The van der Waals surface area contributed by atoms with Crippen molar-refractivity contribution >= 4 is 34.7 Å². The predicted molar refractivity (Wildman–Crippen MR) is 122 cm³/mol. The Kier molecular flexibility index (Phi) is 6.31. The van der Waals surface area contributed by atoms with Crippen molar-refractivity contribution in [1.82, 2.24) is 9.99 Å². The summed E-state index contributed by atoms with van der Waals surface area (Å²) in [4.78, 5) is 26.7. The molecule has 0 saturated carbocycles. The molecule has 7 heteroatoms. The van der Waals surface area contributed by atoms with E-state index in [0.29, 0.717) is 12.2 Å². The largest absolute Gasteiger partial charge is 0.465 e. The van der Waals surface area contributed by atoms with Gasteiger partial charge in [0.25, 0.3) is 5.91 Å². The topological polar surface area (TPSA) is 75.9 Å². The van der Waals surface area contributed by atoms with E-state index in [2.05, 4.69) is 15.4 Å². The van der Waals surface area contributed by atoms with E-state index in [4.69, 9.17) is 4.74 Å². The van der Waals surface area contributed by atoms with Gasteiger partial charge in [-0.25, -0.2) is 5.43 Å². The molecule has 1 saturated heterocycles. The Morgan fingerprint density at radius 3 is 2.58 bits per heavy atom. The van der Waals surface area contributed by atoms with E-state index in [1.54, 1.807) is 13.1 Å². The van der Waals surface area contributed by atoms with E-state index in [1.807, 2.05) is 59.3 Å². The molecule has 0 unspecified atom stereocenters. The molecule has 7 nitrogen and oxygen atoms in total. The molecule has 1 aliphatic rings. The summed E-state index contributed by atoms with van der Waals surface area (Å²) in [7, 11) is 0. The number of amides is 1. The number of hydrazone groups is 1. The van der Waals surface area contributed by atoms with Crippen molar-refractivity contribution < 1.29 is 14.3 Å². The van der Waals surface area contributed by atoms with Gasteiger partial charge in [-0.1, -0.05) is 18.2 Å². The molecule has 0 atom stereocenters. The van der Waals surface area contributed by atoms with Gasteiger partial charge in [0.1, 0.15) is 6.54 Å². The Morgan fingerprint density at radius 1 is 1.10 bits per heavy atom. The summed E-state index contributed by atoms with van der Waals surface area (Å²) in [5, 5.41) is 5.08. The number of nitrogens with one attached hydrogen (secondary N) is 1. The quantitative estimate of drug-likeness (QED) is 0.362. The average Bonchev–Trinajstić information content (AvgIpc) is 3.43. The van der Waals surface area contributed by atoms with E-state index in [-0.39, 0.29) is 18.4 Å². The van der Waals surface area contributed by atoms with Gasteiger partial charge in [0.2, 0.25) is 0 Å². The Balaban J connectivity index is 1.44. The Labute approximate surface area is 181 Å². The SMILES string of the molecule is CCOC(=O)Cn1cc(/C=N\NC(=O)c2ccc(N3CCCC3)cc2)c2ccccc21. The molecule has 4 rings (SSSR count). The van der Waals surface area contributed by atoms with E-state index < -0.39 is 0 Å². The van der Waals surface area contributed by atoms with Gasteiger partial charge in [0, 0.05) is 47.0 Å². The highest BCUT2D eigenvalue weighted by Gasteiger charge is 2.13. The highest BCUT2D eigenvalue weighted by atomic mass is 16.5. The standard InChI is InChI=1S/C24H26N4O3/c1-2-31-23(29)17-28-16-19(21-7-3-4-8-22(21)28)15-25-26-24(30)18-9-11-20(12-10-18)27-13-5-6-14-27/h3-4,7-12,15-16H,2,5-6,13-14,17H2,1H3,(H,26,30)/b25-15-. The van der Waals surface area contributed by atoms with Crippen LogP contribution >= 0.6 is 0 Å². The van der Waals surface area contributed by atoms with Crippen LogP contribution in [0.3, 0.4) is 0 Å². The molecule has 2 aromatic carbocycles. The van der Waals surface area contributed by atoms with Gasteiger partial charge >= 0.3 is 5.97 Å². The van der Waals surface area contributed by atoms with Gasteiger partial charge < -0.3 is 14.2 Å². The minimum absolute atomic E-state index is 0.123. The van der Waals surface area contributed by atoms with Crippen LogP contribution in [0.4, 0.5) is 5.69 Å². The highest BCUT2D eigenvalue weighted by Crippen LogP contribution is 2.21. The maximum Gasteiger partial charge on any atom is 0.325 e. The van der Waals surface area contributed by atoms with Gasteiger partial charge in [0.15, 0.2) is 0 Å². The lowest BCUT2D eigenvalue weighted by molar-refractivity contribution is -0.143. The van der Waals surface area contributed by atoms with Crippen LogP contribution < -0.4 is 10.3 Å². The summed E-state index contributed by atoms with van der Waals surface area (Å²) in [6, 6.07) is 15.3. The molecule has 1 aliphatic heterocycles. The lowest BCUT2D eigenvalue weighted by atomic mass is 10.2. The van der Waals surface area contributed by atoms with Crippen molar-refractivity contribution in [2.24, 2.45) is 5.10 Å². The Bertz CT molecular complexity index is 1100. The van der Waals surface area contributed by atoms with E-state index in [9.17, 15) is 9.59 Å². The van der Waals surface area contributed by atoms with E-state index in [0.717, 1.165) is 35.2 Å². The number of hydrogen-bond donors (Lipinski definition) is 1. The van der Waals surface area contributed by atoms with E-state index >= 15 is 0 Å². The van der Waals surface area contributed by atoms with Crippen LogP contribution in [0, 0.1) is 0 Å². The molecule has 2 heterocycles. The summed E-state index contributed by atoms with van der Waals surface area (Å²) in [5.74, 6) is -0.558. The number of carbonyl (C=O) groups is 2. The van der Waals surface area contributed by atoms with Crippen LogP contribution in [0.2, 0.25) is 0 Å². The smallest absolute Gasteiger partial charge is 0.325 e. The molecule has 0 aliphatic carbocycles. The number of nitrogens with zero attached hydrogens (tertiary/aromatic N) is 3. The van der Waals surface area contributed by atoms with Crippen molar-refractivity contribution in [3.05, 3.63) is 65.9 Å². The number of hydrogen-bond acceptors (Lipinski definition) is 5. The predicted octanol–water partition coefficient (Wildman–Crippen LogP) is 3.57. The normalized spacial score (nSPS) is 13.8. The average molecular weight is 418 g/mol. The fraction of sp³-hybridized carbons (Fsp3) is 0.292. The fourth-order valence-corrected chi connectivity index (χ4v) is 3.88. The zero-order chi connectivity index (χ0) is 21.6. The molecule has 0 bridgehead atoms. The Morgan fingerprint density at radius 2 is 1.84 bits per heavy atom. The third-order valence-corrected chi connectivity index (χ3v) is 5.39. The number of esters is 1. The number of anilines is 1. The lowest BCUT2D eigenvalue weighted by Crippen LogP contribution is -2.19.